The average Bonchev–Trinajstić information content (AvgIpc) is 2.77. The van der Waals surface area contributed by atoms with Gasteiger partial charge in [0.15, 0.2) is 5.13 Å². The van der Waals surface area contributed by atoms with Crippen molar-refractivity contribution in [3.63, 3.8) is 0 Å². The smallest absolute Gasteiger partial charge is 0.335 e. The van der Waals surface area contributed by atoms with Crippen molar-refractivity contribution >= 4 is 28.1 Å². The van der Waals surface area contributed by atoms with Gasteiger partial charge in [-0.05, 0) is 30.7 Å². The molecule has 0 radical (unpaired) electrons. The van der Waals surface area contributed by atoms with Gasteiger partial charge in [-0.2, -0.15) is 0 Å². The first-order valence-electron chi connectivity index (χ1n) is 5.24. The Hall–Kier alpha value is -1.88. The normalized spacial score (nSPS) is 10.2. The molecule has 1 heterocycles. The molecule has 0 aliphatic heterocycles. The fraction of sp³-hybridized carbons (Fsp3) is 0.167. The van der Waals surface area contributed by atoms with Crippen LogP contribution in [0.2, 0.25) is 0 Å². The van der Waals surface area contributed by atoms with Crippen LogP contribution in [-0.2, 0) is 6.42 Å². The molecular formula is C12H12N2O2S. The number of anilines is 2. The number of nitrogens with one attached hydrogen (secondary N) is 1. The number of aromatic nitrogens is 1. The van der Waals surface area contributed by atoms with Gasteiger partial charge in [-0.1, -0.05) is 6.92 Å². The first-order valence-corrected chi connectivity index (χ1v) is 6.12. The van der Waals surface area contributed by atoms with E-state index < -0.39 is 5.97 Å². The van der Waals surface area contributed by atoms with E-state index in [0.717, 1.165) is 22.9 Å². The Morgan fingerprint density at radius 2 is 2.12 bits per heavy atom. The number of hydrogen-bond donors (Lipinski definition) is 2. The van der Waals surface area contributed by atoms with Crippen LogP contribution in [-0.4, -0.2) is 16.1 Å². The lowest BCUT2D eigenvalue weighted by molar-refractivity contribution is 0.0697. The van der Waals surface area contributed by atoms with Crippen molar-refractivity contribution in [1.82, 2.24) is 4.98 Å². The summed E-state index contributed by atoms with van der Waals surface area (Å²) in [5.74, 6) is -0.918. The van der Waals surface area contributed by atoms with Gasteiger partial charge in [-0.15, -0.1) is 11.3 Å². The number of hydrogen-bond acceptors (Lipinski definition) is 4. The molecule has 0 saturated carbocycles. The third kappa shape index (κ3) is 2.82. The summed E-state index contributed by atoms with van der Waals surface area (Å²) in [5, 5.41) is 14.7. The second kappa shape index (κ2) is 4.97. The lowest BCUT2D eigenvalue weighted by Crippen LogP contribution is -1.96. The molecule has 2 aromatic rings. The van der Waals surface area contributed by atoms with E-state index in [1.165, 1.54) is 0 Å². The zero-order valence-corrected chi connectivity index (χ0v) is 10.1. The summed E-state index contributed by atoms with van der Waals surface area (Å²) in [7, 11) is 0. The minimum atomic E-state index is -0.918. The van der Waals surface area contributed by atoms with Crippen LogP contribution in [0.15, 0.2) is 29.6 Å². The van der Waals surface area contributed by atoms with Gasteiger partial charge in [-0.25, -0.2) is 9.78 Å². The summed E-state index contributed by atoms with van der Waals surface area (Å²) in [6.07, 6.45) is 0.913. The lowest BCUT2D eigenvalue weighted by Gasteiger charge is -2.02. The molecule has 2 N–H and O–H groups in total. The molecule has 0 amide bonds. The first-order chi connectivity index (χ1) is 8.19. The SMILES string of the molecule is CCc1csc(Nc2ccc(C(=O)O)cc2)n1. The maximum Gasteiger partial charge on any atom is 0.335 e. The van der Waals surface area contributed by atoms with Crippen LogP contribution in [0.4, 0.5) is 10.8 Å². The van der Waals surface area contributed by atoms with Gasteiger partial charge in [-0.3, -0.25) is 0 Å². The number of carboxylic acid groups (broad SMARTS) is 1. The van der Waals surface area contributed by atoms with Crippen molar-refractivity contribution in [2.75, 3.05) is 5.32 Å². The van der Waals surface area contributed by atoms with Crippen LogP contribution in [0.25, 0.3) is 0 Å². The molecule has 0 saturated heterocycles. The minimum absolute atomic E-state index is 0.281. The van der Waals surface area contributed by atoms with Gasteiger partial charge in [0.25, 0.3) is 0 Å². The number of carbonyl (C=O) groups is 1. The van der Waals surface area contributed by atoms with Crippen LogP contribution in [0.5, 0.6) is 0 Å². The van der Waals surface area contributed by atoms with Gasteiger partial charge in [0, 0.05) is 11.1 Å². The molecule has 0 aliphatic rings. The molecule has 0 bridgehead atoms. The lowest BCUT2D eigenvalue weighted by atomic mass is 10.2. The minimum Gasteiger partial charge on any atom is -0.478 e. The van der Waals surface area contributed by atoms with Crippen molar-refractivity contribution in [3.05, 3.63) is 40.9 Å². The van der Waals surface area contributed by atoms with Crippen LogP contribution in [0, 0.1) is 0 Å². The number of benzene rings is 1. The third-order valence-electron chi connectivity index (χ3n) is 2.30. The number of carboxylic acids is 1. The maximum atomic E-state index is 10.7. The molecule has 0 spiro atoms. The van der Waals surface area contributed by atoms with E-state index in [1.807, 2.05) is 5.38 Å². The molecule has 0 aliphatic carbocycles. The second-order valence-electron chi connectivity index (χ2n) is 3.51. The first kappa shape index (κ1) is 11.6. The monoisotopic (exact) mass is 248 g/mol. The maximum absolute atomic E-state index is 10.7. The Kier molecular flexibility index (Phi) is 3.39. The molecule has 4 nitrogen and oxygen atoms in total. The fourth-order valence-electron chi connectivity index (χ4n) is 1.35. The van der Waals surface area contributed by atoms with Crippen molar-refractivity contribution < 1.29 is 9.90 Å². The highest BCUT2D eigenvalue weighted by molar-refractivity contribution is 7.13. The highest BCUT2D eigenvalue weighted by Crippen LogP contribution is 2.21. The molecule has 0 unspecified atom stereocenters. The summed E-state index contributed by atoms with van der Waals surface area (Å²) < 4.78 is 0. The Morgan fingerprint density at radius 1 is 1.41 bits per heavy atom. The van der Waals surface area contributed by atoms with Crippen molar-refractivity contribution in [1.29, 1.82) is 0 Å². The topological polar surface area (TPSA) is 62.2 Å². The Morgan fingerprint density at radius 3 is 2.65 bits per heavy atom. The van der Waals surface area contributed by atoms with Crippen LogP contribution in [0.3, 0.4) is 0 Å². The molecule has 88 valence electrons. The van der Waals surface area contributed by atoms with E-state index in [2.05, 4.69) is 17.2 Å². The molecule has 2 rings (SSSR count). The summed E-state index contributed by atoms with van der Waals surface area (Å²) in [6.45, 7) is 2.06. The molecule has 0 atom stereocenters. The largest absolute Gasteiger partial charge is 0.478 e. The van der Waals surface area contributed by atoms with Crippen LogP contribution in [0.1, 0.15) is 23.0 Å². The van der Waals surface area contributed by atoms with Gasteiger partial charge in [0.05, 0.1) is 11.3 Å². The predicted octanol–water partition coefficient (Wildman–Crippen LogP) is 3.15. The number of nitrogens with zero attached hydrogens (tertiary/aromatic N) is 1. The molecule has 1 aromatic carbocycles. The van der Waals surface area contributed by atoms with Crippen molar-refractivity contribution in [2.45, 2.75) is 13.3 Å². The Balaban J connectivity index is 2.10. The van der Waals surface area contributed by atoms with E-state index in [-0.39, 0.29) is 5.56 Å². The second-order valence-corrected chi connectivity index (χ2v) is 4.36. The Bertz CT molecular complexity index is 520. The van der Waals surface area contributed by atoms with E-state index in [9.17, 15) is 4.79 Å². The van der Waals surface area contributed by atoms with Crippen LogP contribution >= 0.6 is 11.3 Å². The number of aryl methyl sites for hydroxylation is 1. The number of thiazole rings is 1. The van der Waals surface area contributed by atoms with Gasteiger partial charge in [0.2, 0.25) is 0 Å². The zero-order chi connectivity index (χ0) is 12.3. The van der Waals surface area contributed by atoms with E-state index in [4.69, 9.17) is 5.11 Å². The van der Waals surface area contributed by atoms with Gasteiger partial charge >= 0.3 is 5.97 Å². The summed E-state index contributed by atoms with van der Waals surface area (Å²) in [5.41, 5.74) is 2.18. The van der Waals surface area contributed by atoms with E-state index >= 15 is 0 Å². The summed E-state index contributed by atoms with van der Waals surface area (Å²) in [4.78, 5) is 15.1. The number of aromatic carboxylic acids is 1. The van der Waals surface area contributed by atoms with Crippen molar-refractivity contribution in [3.8, 4) is 0 Å². The van der Waals surface area contributed by atoms with Crippen molar-refractivity contribution in [2.24, 2.45) is 0 Å². The third-order valence-corrected chi connectivity index (χ3v) is 3.10. The zero-order valence-electron chi connectivity index (χ0n) is 9.30. The number of rotatable bonds is 4. The quantitative estimate of drug-likeness (QED) is 0.872. The summed E-state index contributed by atoms with van der Waals surface area (Å²) >= 11 is 1.54. The van der Waals surface area contributed by atoms with Gasteiger partial charge < -0.3 is 10.4 Å². The van der Waals surface area contributed by atoms with Gasteiger partial charge in [0.1, 0.15) is 0 Å². The summed E-state index contributed by atoms with van der Waals surface area (Å²) in [6, 6.07) is 6.60. The average molecular weight is 248 g/mol. The molecule has 1 aromatic heterocycles. The predicted molar refractivity (Wildman–Crippen MR) is 68.2 cm³/mol. The molecule has 5 heteroatoms. The highest BCUT2D eigenvalue weighted by Gasteiger charge is 2.03. The standard InChI is InChI=1S/C12H12N2O2S/c1-2-9-7-17-12(13-9)14-10-5-3-8(4-6-10)11(15)16/h3-7H,2H2,1H3,(H,13,14)(H,15,16). The van der Waals surface area contributed by atoms with E-state index in [0.29, 0.717) is 0 Å². The fourth-order valence-corrected chi connectivity index (χ4v) is 2.16. The molecular weight excluding hydrogens is 236 g/mol. The van der Waals surface area contributed by atoms with Crippen LogP contribution < -0.4 is 5.32 Å². The van der Waals surface area contributed by atoms with E-state index in [1.54, 1.807) is 35.6 Å². The Labute approximate surface area is 103 Å². The molecule has 0 fully saturated rings. The molecule has 17 heavy (non-hydrogen) atoms. The highest BCUT2D eigenvalue weighted by atomic mass is 32.1.